The van der Waals surface area contributed by atoms with Gasteiger partial charge in [-0.1, -0.05) is 24.3 Å². The maximum absolute atomic E-state index is 12.8. The lowest BCUT2D eigenvalue weighted by Gasteiger charge is -2.16. The van der Waals surface area contributed by atoms with Crippen molar-refractivity contribution in [3.8, 4) is 5.69 Å². The van der Waals surface area contributed by atoms with Crippen LogP contribution in [-0.2, 0) is 21.2 Å². The fourth-order valence-electron chi connectivity index (χ4n) is 4.11. The second kappa shape index (κ2) is 9.43. The fraction of sp³-hybridized carbons (Fsp3) is 0.250. The Morgan fingerprint density at radius 2 is 1.83 bits per heavy atom. The highest BCUT2D eigenvalue weighted by molar-refractivity contribution is 7.89. The summed E-state index contributed by atoms with van der Waals surface area (Å²) in [6.07, 6.45) is 3.42. The molecule has 0 bridgehead atoms. The summed E-state index contributed by atoms with van der Waals surface area (Å²) in [5.74, 6) is 0.0423. The Balaban J connectivity index is 1.29. The lowest BCUT2D eigenvalue weighted by molar-refractivity contribution is -0.116. The summed E-state index contributed by atoms with van der Waals surface area (Å²) < 4.78 is 28.6. The third kappa shape index (κ3) is 4.73. The van der Waals surface area contributed by atoms with Gasteiger partial charge >= 0.3 is 0 Å². The molecule has 1 saturated heterocycles. The van der Waals surface area contributed by atoms with Crippen molar-refractivity contribution >= 4 is 32.7 Å². The Morgan fingerprint density at radius 3 is 2.60 bits per heavy atom. The van der Waals surface area contributed by atoms with Gasteiger partial charge in [0, 0.05) is 31.6 Å². The molecule has 11 heteroatoms. The van der Waals surface area contributed by atoms with Gasteiger partial charge in [0.25, 0.3) is 5.56 Å². The van der Waals surface area contributed by atoms with E-state index in [-0.39, 0.29) is 29.2 Å². The van der Waals surface area contributed by atoms with E-state index in [0.29, 0.717) is 35.6 Å². The number of benzene rings is 2. The van der Waals surface area contributed by atoms with E-state index in [0.717, 1.165) is 18.5 Å². The molecule has 0 atom stereocenters. The summed E-state index contributed by atoms with van der Waals surface area (Å²) in [6, 6.07) is 15.6. The van der Waals surface area contributed by atoms with Gasteiger partial charge in [0.1, 0.15) is 11.2 Å². The number of para-hydroxylation sites is 1. The Bertz CT molecular complexity index is 1540. The Morgan fingerprint density at radius 1 is 1.06 bits per heavy atom. The van der Waals surface area contributed by atoms with Crippen LogP contribution in [0, 0.1) is 0 Å². The monoisotopic (exact) mass is 492 g/mol. The first-order chi connectivity index (χ1) is 16.9. The zero-order valence-corrected chi connectivity index (χ0v) is 19.7. The van der Waals surface area contributed by atoms with Crippen LogP contribution in [0.5, 0.6) is 0 Å². The summed E-state index contributed by atoms with van der Waals surface area (Å²) in [6.45, 7) is 1.02. The number of hydrogen-bond acceptors (Lipinski definition) is 6. The van der Waals surface area contributed by atoms with Crippen LogP contribution in [0.25, 0.3) is 16.7 Å². The van der Waals surface area contributed by atoms with Crippen molar-refractivity contribution in [1.82, 2.24) is 24.1 Å². The summed E-state index contributed by atoms with van der Waals surface area (Å²) in [5.41, 5.74) is 1.25. The molecule has 180 valence electrons. The minimum absolute atomic E-state index is 0.0526. The van der Waals surface area contributed by atoms with Crippen molar-refractivity contribution in [2.45, 2.75) is 30.6 Å². The number of aromatic amines is 1. The molecule has 0 radical (unpaired) electrons. The first kappa shape index (κ1) is 22.9. The molecule has 1 aliphatic rings. The molecule has 4 aromatic rings. The molecule has 1 amide bonds. The Hall–Kier alpha value is -3.83. The predicted octanol–water partition coefficient (Wildman–Crippen LogP) is 2.46. The minimum atomic E-state index is -3.58. The molecule has 0 aliphatic carbocycles. The van der Waals surface area contributed by atoms with Gasteiger partial charge in [-0.15, -0.1) is 0 Å². The van der Waals surface area contributed by atoms with Crippen molar-refractivity contribution in [1.29, 1.82) is 0 Å². The van der Waals surface area contributed by atoms with Gasteiger partial charge in [0.05, 0.1) is 16.8 Å². The van der Waals surface area contributed by atoms with Gasteiger partial charge in [-0.05, 0) is 43.2 Å². The number of aromatic nitrogens is 4. The van der Waals surface area contributed by atoms with Crippen molar-refractivity contribution in [3.63, 3.8) is 0 Å². The van der Waals surface area contributed by atoms with Crippen molar-refractivity contribution < 1.29 is 13.2 Å². The zero-order valence-electron chi connectivity index (χ0n) is 18.8. The number of nitrogens with one attached hydrogen (secondary N) is 2. The van der Waals surface area contributed by atoms with Gasteiger partial charge in [-0.25, -0.2) is 18.1 Å². The molecule has 2 N–H and O–H groups in total. The molecule has 10 nitrogen and oxygen atoms in total. The van der Waals surface area contributed by atoms with E-state index in [1.165, 1.54) is 22.6 Å². The molecular weight excluding hydrogens is 468 g/mol. The average Bonchev–Trinajstić information content (AvgIpc) is 3.55. The molecule has 0 spiro atoms. The van der Waals surface area contributed by atoms with E-state index in [9.17, 15) is 18.0 Å². The maximum Gasteiger partial charge on any atom is 0.262 e. The quantitative estimate of drug-likeness (QED) is 0.408. The van der Waals surface area contributed by atoms with Gasteiger partial charge in [-0.2, -0.15) is 9.40 Å². The molecule has 1 fully saturated rings. The van der Waals surface area contributed by atoms with E-state index in [2.05, 4.69) is 20.4 Å². The van der Waals surface area contributed by atoms with Crippen LogP contribution < -0.4 is 10.9 Å². The van der Waals surface area contributed by atoms with E-state index < -0.39 is 10.0 Å². The summed E-state index contributed by atoms with van der Waals surface area (Å²) in [5, 5.41) is 7.38. The first-order valence-electron chi connectivity index (χ1n) is 11.3. The normalized spacial score (nSPS) is 14.4. The number of carbonyl (C=O) groups excluding carboxylic acids is 1. The number of nitrogens with zero attached hydrogens (tertiary/aromatic N) is 4. The molecule has 5 rings (SSSR count). The molecule has 0 saturated carbocycles. The molecule has 35 heavy (non-hydrogen) atoms. The molecular formula is C24H24N6O4S. The van der Waals surface area contributed by atoms with Crippen LogP contribution in [0.15, 0.2) is 70.5 Å². The zero-order chi connectivity index (χ0) is 24.4. The number of hydrogen-bond donors (Lipinski definition) is 2. The fourth-order valence-corrected chi connectivity index (χ4v) is 5.67. The highest BCUT2D eigenvalue weighted by Crippen LogP contribution is 2.23. The van der Waals surface area contributed by atoms with Gasteiger partial charge in [-0.3, -0.25) is 9.59 Å². The predicted molar refractivity (Wildman–Crippen MR) is 131 cm³/mol. The number of sulfonamides is 1. The van der Waals surface area contributed by atoms with Crippen molar-refractivity contribution in [3.05, 3.63) is 77.0 Å². The van der Waals surface area contributed by atoms with Gasteiger partial charge in [0.15, 0.2) is 5.65 Å². The second-order valence-corrected chi connectivity index (χ2v) is 10.3. The van der Waals surface area contributed by atoms with Crippen LogP contribution in [0.2, 0.25) is 0 Å². The molecule has 2 aromatic heterocycles. The first-order valence-corrected chi connectivity index (χ1v) is 12.8. The highest BCUT2D eigenvalue weighted by Gasteiger charge is 2.27. The smallest absolute Gasteiger partial charge is 0.262 e. The van der Waals surface area contributed by atoms with E-state index in [4.69, 9.17) is 0 Å². The second-order valence-electron chi connectivity index (χ2n) is 8.33. The third-order valence-corrected chi connectivity index (χ3v) is 7.79. The maximum atomic E-state index is 12.8. The molecule has 3 heterocycles. The SMILES string of the molecule is O=C(CCc1nc2c(cnn2-c2ccccc2)c(=O)[nH]1)Nc1cccc(S(=O)(=O)N2CCCC2)c1. The van der Waals surface area contributed by atoms with E-state index in [1.807, 2.05) is 30.3 Å². The molecule has 0 unspecified atom stereocenters. The average molecular weight is 493 g/mol. The summed E-state index contributed by atoms with van der Waals surface area (Å²) in [4.78, 5) is 32.5. The lowest BCUT2D eigenvalue weighted by atomic mass is 10.2. The van der Waals surface area contributed by atoms with Gasteiger partial charge in [0.2, 0.25) is 15.9 Å². The van der Waals surface area contributed by atoms with Crippen molar-refractivity contribution in [2.24, 2.45) is 0 Å². The van der Waals surface area contributed by atoms with Crippen molar-refractivity contribution in [2.75, 3.05) is 18.4 Å². The van der Waals surface area contributed by atoms with E-state index >= 15 is 0 Å². The Kier molecular flexibility index (Phi) is 6.18. The summed E-state index contributed by atoms with van der Waals surface area (Å²) >= 11 is 0. The number of amides is 1. The molecule has 1 aliphatic heterocycles. The summed E-state index contributed by atoms with van der Waals surface area (Å²) in [7, 11) is -3.58. The number of aryl methyl sites for hydroxylation is 1. The third-order valence-electron chi connectivity index (χ3n) is 5.90. The number of carbonyl (C=O) groups is 1. The van der Waals surface area contributed by atoms with Crippen LogP contribution >= 0.6 is 0 Å². The van der Waals surface area contributed by atoms with Gasteiger partial charge < -0.3 is 10.3 Å². The van der Waals surface area contributed by atoms with E-state index in [1.54, 1.807) is 16.8 Å². The number of anilines is 1. The van der Waals surface area contributed by atoms with Crippen LogP contribution in [0.4, 0.5) is 5.69 Å². The largest absolute Gasteiger partial charge is 0.326 e. The number of rotatable bonds is 7. The van der Waals surface area contributed by atoms with Crippen LogP contribution in [0.3, 0.4) is 0 Å². The Labute approximate surface area is 201 Å². The minimum Gasteiger partial charge on any atom is -0.326 e. The van der Waals surface area contributed by atoms with Crippen LogP contribution in [0.1, 0.15) is 25.1 Å². The van der Waals surface area contributed by atoms with Crippen LogP contribution in [-0.4, -0.2) is 51.5 Å². The number of fused-ring (bicyclic) bond motifs is 1. The number of H-pyrrole nitrogens is 1. The highest BCUT2D eigenvalue weighted by atomic mass is 32.2. The molecule has 2 aromatic carbocycles. The topological polar surface area (TPSA) is 130 Å². The standard InChI is InChI=1S/C24H24N6O4S/c31-22(26-17-7-6-10-19(15-17)35(33,34)29-13-4-5-14-29)12-11-21-27-23-20(24(32)28-21)16-25-30(23)18-8-2-1-3-9-18/h1-3,6-10,15-16H,4-5,11-14H2,(H,26,31)(H,27,28,32). The lowest BCUT2D eigenvalue weighted by Crippen LogP contribution is -2.27.